The van der Waals surface area contributed by atoms with E-state index in [2.05, 4.69) is 8.75 Å². The van der Waals surface area contributed by atoms with Crippen LogP contribution in [0.5, 0.6) is 5.75 Å². The Morgan fingerprint density at radius 3 is 2.61 bits per heavy atom. The van der Waals surface area contributed by atoms with Gasteiger partial charge in [-0.2, -0.15) is 13.1 Å². The first-order chi connectivity index (χ1) is 14.9. The Labute approximate surface area is 181 Å². The van der Waals surface area contributed by atoms with Crippen molar-refractivity contribution in [2.45, 2.75) is 4.90 Å². The minimum atomic E-state index is -3.77. The van der Waals surface area contributed by atoms with Crippen molar-refractivity contribution in [2.75, 3.05) is 32.8 Å². The van der Waals surface area contributed by atoms with E-state index in [9.17, 15) is 23.3 Å². The Morgan fingerprint density at radius 1 is 1.13 bits per heavy atom. The number of piperazine rings is 1. The second-order valence-electron chi connectivity index (χ2n) is 6.72. The highest BCUT2D eigenvalue weighted by Gasteiger charge is 2.32. The van der Waals surface area contributed by atoms with Crippen LogP contribution in [0.3, 0.4) is 0 Å². The van der Waals surface area contributed by atoms with Gasteiger partial charge in [0, 0.05) is 32.2 Å². The zero-order valence-corrected chi connectivity index (χ0v) is 17.7. The van der Waals surface area contributed by atoms with Crippen LogP contribution in [0, 0.1) is 10.1 Å². The van der Waals surface area contributed by atoms with Crippen LogP contribution < -0.4 is 4.74 Å². The van der Waals surface area contributed by atoms with E-state index in [0.29, 0.717) is 11.0 Å². The maximum absolute atomic E-state index is 13.1. The molecule has 31 heavy (non-hydrogen) atoms. The summed E-state index contributed by atoms with van der Waals surface area (Å²) in [5.74, 6) is -0.108. The van der Waals surface area contributed by atoms with E-state index in [1.165, 1.54) is 39.5 Å². The molecule has 0 spiro atoms. The number of ether oxygens (including phenoxy) is 1. The highest BCUT2D eigenvalue weighted by molar-refractivity contribution is 7.89. The third kappa shape index (κ3) is 4.33. The zero-order chi connectivity index (χ0) is 22.0. The predicted octanol–water partition coefficient (Wildman–Crippen LogP) is 1.51. The molecule has 1 aliphatic rings. The van der Waals surface area contributed by atoms with Gasteiger partial charge in [-0.15, -0.1) is 0 Å². The molecule has 0 N–H and O–H groups in total. The van der Waals surface area contributed by atoms with Crippen LogP contribution in [0.15, 0.2) is 47.4 Å². The number of carbonyl (C=O) groups excluding carboxylic acids is 1. The van der Waals surface area contributed by atoms with Crippen LogP contribution in [-0.2, 0) is 14.8 Å². The highest BCUT2D eigenvalue weighted by Crippen LogP contribution is 2.25. The molecule has 1 aromatic heterocycles. The van der Waals surface area contributed by atoms with Crippen molar-refractivity contribution in [2.24, 2.45) is 0 Å². The van der Waals surface area contributed by atoms with E-state index in [-0.39, 0.29) is 55.0 Å². The summed E-state index contributed by atoms with van der Waals surface area (Å²) in [6.45, 7) is 0.401. The molecular formula is C18H17N5O6S2. The summed E-state index contributed by atoms with van der Waals surface area (Å²) in [4.78, 5) is 24.3. The van der Waals surface area contributed by atoms with E-state index in [1.807, 2.05) is 0 Å². The van der Waals surface area contributed by atoms with Crippen molar-refractivity contribution in [1.82, 2.24) is 18.0 Å². The van der Waals surface area contributed by atoms with Gasteiger partial charge in [-0.05, 0) is 18.2 Å². The summed E-state index contributed by atoms with van der Waals surface area (Å²) in [5, 5.41) is 10.8. The lowest BCUT2D eigenvalue weighted by Crippen LogP contribution is -2.51. The molecule has 0 aliphatic carbocycles. The number of non-ortho nitro benzene ring substituents is 1. The van der Waals surface area contributed by atoms with Crippen molar-refractivity contribution in [3.63, 3.8) is 0 Å². The van der Waals surface area contributed by atoms with Gasteiger partial charge in [-0.1, -0.05) is 12.1 Å². The van der Waals surface area contributed by atoms with Gasteiger partial charge in [0.25, 0.3) is 11.6 Å². The van der Waals surface area contributed by atoms with Crippen LogP contribution in [0.1, 0.15) is 0 Å². The molecule has 1 saturated heterocycles. The molecular weight excluding hydrogens is 446 g/mol. The molecule has 0 bridgehead atoms. The second kappa shape index (κ2) is 8.53. The number of nitro groups is 1. The van der Waals surface area contributed by atoms with E-state index in [1.54, 1.807) is 12.1 Å². The SMILES string of the molecule is O=C(COc1cccc([N+](=O)[O-])c1)N1CCN(S(=O)(=O)c2cccc3nsnc23)CC1. The number of carbonyl (C=O) groups is 1. The number of nitrogens with zero attached hydrogens (tertiary/aromatic N) is 5. The fourth-order valence-electron chi connectivity index (χ4n) is 3.23. The standard InChI is InChI=1S/C18H17N5O6S2/c24-17(12-29-14-4-1-3-13(11-14)23(25)26)21-7-9-22(10-8-21)31(27,28)16-6-2-5-15-18(16)20-30-19-15/h1-6,11H,7-10,12H2. The van der Waals surface area contributed by atoms with Gasteiger partial charge < -0.3 is 9.64 Å². The van der Waals surface area contributed by atoms with Crippen molar-refractivity contribution in [3.8, 4) is 5.75 Å². The third-order valence-electron chi connectivity index (χ3n) is 4.85. The summed E-state index contributed by atoms with van der Waals surface area (Å²) in [5.41, 5.74) is 0.739. The van der Waals surface area contributed by atoms with E-state index in [0.717, 1.165) is 11.7 Å². The maximum Gasteiger partial charge on any atom is 0.273 e. The van der Waals surface area contributed by atoms with Crippen molar-refractivity contribution >= 4 is 44.4 Å². The molecule has 2 aromatic carbocycles. The average molecular weight is 463 g/mol. The lowest BCUT2D eigenvalue weighted by atomic mass is 10.3. The summed E-state index contributed by atoms with van der Waals surface area (Å²) in [7, 11) is -3.77. The number of amides is 1. The quantitative estimate of drug-likeness (QED) is 0.396. The number of sulfonamides is 1. The molecule has 1 fully saturated rings. The topological polar surface area (TPSA) is 136 Å². The molecule has 2 heterocycles. The minimum Gasteiger partial charge on any atom is -0.484 e. The monoisotopic (exact) mass is 463 g/mol. The van der Waals surface area contributed by atoms with Crippen LogP contribution in [-0.4, -0.2) is 70.0 Å². The van der Waals surface area contributed by atoms with Crippen molar-refractivity contribution < 1.29 is 22.9 Å². The van der Waals surface area contributed by atoms with E-state index >= 15 is 0 Å². The first kappa shape index (κ1) is 21.1. The molecule has 4 rings (SSSR count). The predicted molar refractivity (Wildman–Crippen MR) is 111 cm³/mol. The maximum atomic E-state index is 13.1. The first-order valence-corrected chi connectivity index (χ1v) is 11.4. The third-order valence-corrected chi connectivity index (χ3v) is 7.32. The number of benzene rings is 2. The molecule has 13 heteroatoms. The van der Waals surface area contributed by atoms with Gasteiger partial charge in [0.15, 0.2) is 6.61 Å². The molecule has 3 aromatic rings. The van der Waals surface area contributed by atoms with Crippen LogP contribution >= 0.6 is 11.7 Å². The van der Waals surface area contributed by atoms with Crippen molar-refractivity contribution in [1.29, 1.82) is 0 Å². The Kier molecular flexibility index (Phi) is 5.80. The molecule has 1 aliphatic heterocycles. The summed E-state index contributed by atoms with van der Waals surface area (Å²) in [6.07, 6.45) is 0. The fraction of sp³-hybridized carbons (Fsp3) is 0.278. The van der Waals surface area contributed by atoms with Gasteiger partial charge in [0.1, 0.15) is 21.7 Å². The van der Waals surface area contributed by atoms with Gasteiger partial charge in [0.2, 0.25) is 10.0 Å². The van der Waals surface area contributed by atoms with E-state index < -0.39 is 14.9 Å². The normalized spacial score (nSPS) is 15.2. The van der Waals surface area contributed by atoms with Crippen molar-refractivity contribution in [3.05, 3.63) is 52.6 Å². The fourth-order valence-corrected chi connectivity index (χ4v) is 5.40. The largest absolute Gasteiger partial charge is 0.484 e. The summed E-state index contributed by atoms with van der Waals surface area (Å²) < 4.78 is 41.0. The van der Waals surface area contributed by atoms with Gasteiger partial charge in [0.05, 0.1) is 22.7 Å². The summed E-state index contributed by atoms with van der Waals surface area (Å²) in [6, 6.07) is 10.4. The smallest absolute Gasteiger partial charge is 0.273 e. The molecule has 0 radical (unpaired) electrons. The summed E-state index contributed by atoms with van der Waals surface area (Å²) >= 11 is 0.953. The zero-order valence-electron chi connectivity index (χ0n) is 16.1. The number of nitro benzene ring substituents is 1. The number of aromatic nitrogens is 2. The van der Waals surface area contributed by atoms with Crippen LogP contribution in [0.25, 0.3) is 11.0 Å². The number of rotatable bonds is 6. The molecule has 0 unspecified atom stereocenters. The second-order valence-corrected chi connectivity index (χ2v) is 9.15. The molecule has 162 valence electrons. The molecule has 11 nitrogen and oxygen atoms in total. The lowest BCUT2D eigenvalue weighted by Gasteiger charge is -2.33. The van der Waals surface area contributed by atoms with Gasteiger partial charge in [-0.25, -0.2) is 8.42 Å². The number of hydrogen-bond donors (Lipinski definition) is 0. The molecule has 1 amide bonds. The van der Waals surface area contributed by atoms with E-state index in [4.69, 9.17) is 4.74 Å². The van der Waals surface area contributed by atoms with Gasteiger partial charge in [-0.3, -0.25) is 14.9 Å². The van der Waals surface area contributed by atoms with Gasteiger partial charge >= 0.3 is 0 Å². The Morgan fingerprint density at radius 2 is 1.87 bits per heavy atom. The minimum absolute atomic E-state index is 0.104. The highest BCUT2D eigenvalue weighted by atomic mass is 32.2. The average Bonchev–Trinajstić information content (AvgIpc) is 3.26. The Bertz CT molecular complexity index is 1240. The Balaban J connectivity index is 1.37. The number of hydrogen-bond acceptors (Lipinski definition) is 9. The molecule has 0 saturated carbocycles. The molecule has 0 atom stereocenters. The van der Waals surface area contributed by atoms with Crippen LogP contribution in [0.2, 0.25) is 0 Å². The number of fused-ring (bicyclic) bond motifs is 1. The Hall–Kier alpha value is -3.16. The first-order valence-electron chi connectivity index (χ1n) is 9.23. The van der Waals surface area contributed by atoms with Crippen LogP contribution in [0.4, 0.5) is 5.69 Å². The lowest BCUT2D eigenvalue weighted by molar-refractivity contribution is -0.384.